The molecule has 0 bridgehead atoms. The van der Waals surface area contributed by atoms with Crippen LogP contribution in [0.5, 0.6) is 5.75 Å². The maximum atomic E-state index is 13.2. The molecule has 1 spiro atoms. The Morgan fingerprint density at radius 1 is 1.24 bits per heavy atom. The highest BCUT2D eigenvalue weighted by molar-refractivity contribution is 6.01. The summed E-state index contributed by atoms with van der Waals surface area (Å²) in [5, 5.41) is 13.9. The maximum Gasteiger partial charge on any atom is 0.269 e. The molecule has 2 fully saturated rings. The molecule has 148 valence electrons. The number of aromatic hydroxyl groups is 1. The third-order valence-electron chi connectivity index (χ3n) is 6.13. The van der Waals surface area contributed by atoms with E-state index in [-0.39, 0.29) is 35.4 Å². The number of amides is 1. The van der Waals surface area contributed by atoms with Gasteiger partial charge in [-0.1, -0.05) is 12.1 Å². The van der Waals surface area contributed by atoms with E-state index in [9.17, 15) is 19.1 Å². The molecular formula is C22H20FN3O3. The van der Waals surface area contributed by atoms with Crippen molar-refractivity contribution in [2.75, 3.05) is 0 Å². The molecular weight excluding hydrogens is 373 g/mol. The van der Waals surface area contributed by atoms with Crippen molar-refractivity contribution >= 4 is 16.9 Å². The van der Waals surface area contributed by atoms with E-state index in [4.69, 9.17) is 0 Å². The van der Waals surface area contributed by atoms with Crippen LogP contribution in [0.15, 0.2) is 47.4 Å². The van der Waals surface area contributed by atoms with Crippen LogP contribution in [0.25, 0.3) is 11.0 Å². The van der Waals surface area contributed by atoms with E-state index < -0.39 is 11.5 Å². The molecule has 2 aromatic heterocycles. The summed E-state index contributed by atoms with van der Waals surface area (Å²) in [7, 11) is 0. The first-order valence-electron chi connectivity index (χ1n) is 9.72. The minimum absolute atomic E-state index is 0.0407. The number of rotatable bonds is 4. The molecule has 1 amide bonds. The average Bonchev–Trinajstić information content (AvgIpc) is 3.47. The van der Waals surface area contributed by atoms with Crippen LogP contribution in [0.3, 0.4) is 0 Å². The van der Waals surface area contributed by atoms with Crippen LogP contribution >= 0.6 is 0 Å². The largest absolute Gasteiger partial charge is 0.506 e. The second-order valence-electron chi connectivity index (χ2n) is 8.19. The number of benzene rings is 1. The quantitative estimate of drug-likeness (QED) is 0.714. The lowest BCUT2D eigenvalue weighted by molar-refractivity contribution is 0.0873. The molecule has 5 rings (SSSR count). The zero-order valence-electron chi connectivity index (χ0n) is 15.7. The third kappa shape index (κ3) is 3.06. The molecule has 0 atom stereocenters. The fourth-order valence-corrected chi connectivity index (χ4v) is 4.32. The third-order valence-corrected chi connectivity index (χ3v) is 6.13. The van der Waals surface area contributed by atoms with Gasteiger partial charge in [-0.25, -0.2) is 9.37 Å². The number of nitrogens with zero attached hydrogens (tertiary/aromatic N) is 2. The number of fused-ring (bicyclic) bond motifs is 1. The van der Waals surface area contributed by atoms with Gasteiger partial charge in [0.25, 0.3) is 11.5 Å². The molecule has 2 aliphatic carbocycles. The summed E-state index contributed by atoms with van der Waals surface area (Å²) in [4.78, 5) is 30.3. The summed E-state index contributed by atoms with van der Waals surface area (Å²) in [5.41, 5.74) is 0.486. The number of hydrogen-bond donors (Lipinski definition) is 2. The molecule has 1 aromatic carbocycles. The van der Waals surface area contributed by atoms with Gasteiger partial charge in [0.05, 0.1) is 11.9 Å². The Hall–Kier alpha value is -3.22. The van der Waals surface area contributed by atoms with Gasteiger partial charge in [-0.15, -0.1) is 0 Å². The molecule has 6 nitrogen and oxygen atoms in total. The first kappa shape index (κ1) is 17.8. The molecule has 0 unspecified atom stereocenters. The van der Waals surface area contributed by atoms with Crippen molar-refractivity contribution in [2.24, 2.45) is 5.41 Å². The second kappa shape index (κ2) is 6.40. The second-order valence-corrected chi connectivity index (χ2v) is 8.19. The van der Waals surface area contributed by atoms with Crippen molar-refractivity contribution in [3.05, 3.63) is 69.9 Å². The normalized spacial score (nSPS) is 17.3. The minimum Gasteiger partial charge on any atom is -0.506 e. The fraction of sp³-hybridized carbons (Fsp3) is 0.318. The van der Waals surface area contributed by atoms with Crippen LogP contribution in [0.4, 0.5) is 4.39 Å². The maximum absolute atomic E-state index is 13.2. The van der Waals surface area contributed by atoms with Crippen LogP contribution in [-0.2, 0) is 6.54 Å². The van der Waals surface area contributed by atoms with Crippen molar-refractivity contribution in [3.63, 3.8) is 0 Å². The van der Waals surface area contributed by atoms with Crippen LogP contribution < -0.4 is 10.9 Å². The smallest absolute Gasteiger partial charge is 0.269 e. The summed E-state index contributed by atoms with van der Waals surface area (Å²) >= 11 is 0. The van der Waals surface area contributed by atoms with Gasteiger partial charge in [-0.3, -0.25) is 14.2 Å². The molecule has 7 heteroatoms. The van der Waals surface area contributed by atoms with Crippen molar-refractivity contribution < 1.29 is 14.3 Å². The van der Waals surface area contributed by atoms with E-state index in [1.54, 1.807) is 24.3 Å². The minimum atomic E-state index is -0.615. The van der Waals surface area contributed by atoms with Gasteiger partial charge in [0, 0.05) is 12.2 Å². The van der Waals surface area contributed by atoms with Gasteiger partial charge in [0.1, 0.15) is 22.8 Å². The van der Waals surface area contributed by atoms with Crippen LogP contribution in [-0.4, -0.2) is 26.6 Å². The molecule has 2 heterocycles. The number of halogens is 1. The predicted octanol–water partition coefficient (Wildman–Crippen LogP) is 2.96. The molecule has 2 aliphatic rings. The van der Waals surface area contributed by atoms with Crippen molar-refractivity contribution in [2.45, 2.75) is 38.3 Å². The Kier molecular flexibility index (Phi) is 3.94. The molecule has 29 heavy (non-hydrogen) atoms. The molecule has 0 saturated heterocycles. The number of aromatic nitrogens is 2. The van der Waals surface area contributed by atoms with E-state index >= 15 is 0 Å². The Morgan fingerprint density at radius 3 is 2.66 bits per heavy atom. The Labute approximate surface area is 166 Å². The van der Waals surface area contributed by atoms with E-state index in [0.29, 0.717) is 16.4 Å². The lowest BCUT2D eigenvalue weighted by Gasteiger charge is -2.36. The van der Waals surface area contributed by atoms with Gasteiger partial charge < -0.3 is 10.4 Å². The highest BCUT2D eigenvalue weighted by Gasteiger charge is 2.53. The Morgan fingerprint density at radius 2 is 1.97 bits per heavy atom. The standard InChI is InChI=1S/C22H20FN3O3/c23-14-5-3-13(4-6-14)12-26-19-16(2-1-9-24-19)18(27)17(21(26)29)20(28)25-15-10-22(11-15)7-8-22/h1-6,9,15,27H,7-8,10-12H2,(H,25,28). The van der Waals surface area contributed by atoms with Crippen LogP contribution in [0, 0.1) is 11.2 Å². The molecule has 0 radical (unpaired) electrons. The summed E-state index contributed by atoms with van der Waals surface area (Å²) in [6.07, 6.45) is 5.79. The summed E-state index contributed by atoms with van der Waals surface area (Å²) in [5.74, 6) is -1.29. The zero-order valence-corrected chi connectivity index (χ0v) is 15.7. The Bertz CT molecular complexity index is 1170. The van der Waals surface area contributed by atoms with Gasteiger partial charge >= 0.3 is 0 Å². The summed E-state index contributed by atoms with van der Waals surface area (Å²) in [6, 6.07) is 9.08. The number of carbonyl (C=O) groups is 1. The molecule has 3 aromatic rings. The first-order chi connectivity index (χ1) is 14.0. The van der Waals surface area contributed by atoms with Crippen molar-refractivity contribution in [1.82, 2.24) is 14.9 Å². The van der Waals surface area contributed by atoms with E-state index in [1.165, 1.54) is 35.7 Å². The van der Waals surface area contributed by atoms with E-state index in [0.717, 1.165) is 12.8 Å². The lowest BCUT2D eigenvalue weighted by Crippen LogP contribution is -2.46. The number of carbonyl (C=O) groups excluding carboxylic acids is 1. The summed E-state index contributed by atoms with van der Waals surface area (Å²) < 4.78 is 14.6. The highest BCUT2D eigenvalue weighted by atomic mass is 19.1. The first-order valence-corrected chi connectivity index (χ1v) is 9.72. The van der Waals surface area contributed by atoms with Crippen molar-refractivity contribution in [1.29, 1.82) is 0 Å². The predicted molar refractivity (Wildman–Crippen MR) is 105 cm³/mol. The Balaban J connectivity index is 1.55. The van der Waals surface area contributed by atoms with Crippen LogP contribution in [0.2, 0.25) is 0 Å². The van der Waals surface area contributed by atoms with Crippen molar-refractivity contribution in [3.8, 4) is 5.75 Å². The van der Waals surface area contributed by atoms with Gasteiger partial charge in [0.15, 0.2) is 0 Å². The topological polar surface area (TPSA) is 84.2 Å². The van der Waals surface area contributed by atoms with Gasteiger partial charge in [0.2, 0.25) is 0 Å². The molecule has 0 aliphatic heterocycles. The number of hydrogen-bond acceptors (Lipinski definition) is 4. The van der Waals surface area contributed by atoms with Gasteiger partial charge in [-0.2, -0.15) is 0 Å². The molecule has 2 N–H and O–H groups in total. The highest BCUT2D eigenvalue weighted by Crippen LogP contribution is 2.60. The monoisotopic (exact) mass is 393 g/mol. The zero-order chi connectivity index (χ0) is 20.2. The fourth-order valence-electron chi connectivity index (χ4n) is 4.32. The lowest BCUT2D eigenvalue weighted by atomic mass is 9.77. The number of pyridine rings is 2. The number of nitrogens with one attached hydrogen (secondary N) is 1. The molecule has 2 saturated carbocycles. The van der Waals surface area contributed by atoms with E-state index in [1.807, 2.05) is 0 Å². The van der Waals surface area contributed by atoms with Crippen LogP contribution in [0.1, 0.15) is 41.6 Å². The van der Waals surface area contributed by atoms with E-state index in [2.05, 4.69) is 10.3 Å². The summed E-state index contributed by atoms with van der Waals surface area (Å²) in [6.45, 7) is 0.111. The average molecular weight is 393 g/mol. The van der Waals surface area contributed by atoms with Gasteiger partial charge in [-0.05, 0) is 60.9 Å². The SMILES string of the molecule is O=C(NC1CC2(CC2)C1)c1c(O)c2cccnc2n(Cc2ccc(F)cc2)c1=O.